The molecule has 4 N–H and O–H groups in total. The molecule has 2 aliphatic rings. The zero-order valence-electron chi connectivity index (χ0n) is 25.6. The number of carbonyl (C=O) groups is 3. The van der Waals surface area contributed by atoms with Gasteiger partial charge in [0, 0.05) is 32.1 Å². The Balaban J connectivity index is 1.65. The third-order valence-corrected chi connectivity index (χ3v) is 8.41. The van der Waals surface area contributed by atoms with Crippen molar-refractivity contribution in [2.24, 2.45) is 5.92 Å². The summed E-state index contributed by atoms with van der Waals surface area (Å²) in [6, 6.07) is 12.9. The van der Waals surface area contributed by atoms with Gasteiger partial charge in [-0.1, -0.05) is 79.4 Å². The van der Waals surface area contributed by atoms with Gasteiger partial charge in [0.1, 0.15) is 24.4 Å². The maximum Gasteiger partial charge on any atom is 0.246 e. The van der Waals surface area contributed by atoms with Crippen LogP contribution >= 0.6 is 0 Å². The van der Waals surface area contributed by atoms with Crippen molar-refractivity contribution >= 4 is 23.8 Å². The summed E-state index contributed by atoms with van der Waals surface area (Å²) in [7, 11) is 1.56. The number of rotatable bonds is 4. The van der Waals surface area contributed by atoms with E-state index in [0.29, 0.717) is 18.9 Å². The molecule has 4 atom stereocenters. The molecule has 232 valence electrons. The van der Waals surface area contributed by atoms with E-state index in [9.17, 15) is 19.5 Å². The highest BCUT2D eigenvalue weighted by Gasteiger charge is 2.38. The Labute approximate surface area is 255 Å². The van der Waals surface area contributed by atoms with Gasteiger partial charge in [0.15, 0.2) is 0 Å². The quantitative estimate of drug-likeness (QED) is 0.435. The Kier molecular flexibility index (Phi) is 11.8. The van der Waals surface area contributed by atoms with Gasteiger partial charge in [-0.2, -0.15) is 0 Å². The second-order valence-electron chi connectivity index (χ2n) is 11.7. The summed E-state index contributed by atoms with van der Waals surface area (Å²) in [6.45, 7) is 4.52. The molecular weight excluding hydrogens is 544 g/mol. The van der Waals surface area contributed by atoms with Gasteiger partial charge in [0.05, 0.1) is 12.1 Å². The van der Waals surface area contributed by atoms with Crippen molar-refractivity contribution in [1.29, 1.82) is 0 Å². The van der Waals surface area contributed by atoms with Gasteiger partial charge in [-0.15, -0.1) is 0 Å². The fourth-order valence-electron chi connectivity index (χ4n) is 6.02. The molecule has 0 aromatic heterocycles. The molecule has 1 unspecified atom stereocenters. The zero-order valence-corrected chi connectivity index (χ0v) is 25.6. The predicted molar refractivity (Wildman–Crippen MR) is 167 cm³/mol. The van der Waals surface area contributed by atoms with Gasteiger partial charge in [-0.25, -0.2) is 0 Å². The number of carbonyl (C=O) groups excluding carboxylic acids is 3. The van der Waals surface area contributed by atoms with E-state index in [-0.39, 0.29) is 30.7 Å². The van der Waals surface area contributed by atoms with Crippen LogP contribution in [0.4, 0.5) is 0 Å². The highest BCUT2D eigenvalue weighted by molar-refractivity contribution is 5.93. The first-order valence-electron chi connectivity index (χ1n) is 15.4. The van der Waals surface area contributed by atoms with Crippen LogP contribution in [0.3, 0.4) is 0 Å². The minimum atomic E-state index is -1.17. The van der Waals surface area contributed by atoms with Crippen LogP contribution in [0.5, 0.6) is 5.75 Å². The van der Waals surface area contributed by atoms with Gasteiger partial charge in [-0.05, 0) is 44.2 Å². The van der Waals surface area contributed by atoms with Crippen LogP contribution in [0.2, 0.25) is 0 Å². The Hall–Kier alpha value is -3.69. The second-order valence-corrected chi connectivity index (χ2v) is 11.7. The highest BCUT2D eigenvalue weighted by atomic mass is 16.5. The number of para-hydroxylation sites is 1. The molecular formula is C34H46N4O5. The number of benzene rings is 2. The van der Waals surface area contributed by atoms with Gasteiger partial charge in [0.25, 0.3) is 0 Å². The van der Waals surface area contributed by atoms with Crippen LogP contribution in [0.1, 0.15) is 55.7 Å². The Bertz CT molecular complexity index is 1260. The molecule has 43 heavy (non-hydrogen) atoms. The molecule has 9 nitrogen and oxygen atoms in total. The molecule has 2 aromatic carbocycles. The summed E-state index contributed by atoms with van der Waals surface area (Å²) in [4.78, 5) is 42.5. The van der Waals surface area contributed by atoms with E-state index in [4.69, 9.17) is 4.74 Å². The van der Waals surface area contributed by atoms with Crippen molar-refractivity contribution in [2.75, 3.05) is 26.7 Å². The minimum Gasteiger partial charge on any atom is -0.492 e. The number of aliphatic hydroxyl groups is 1. The summed E-state index contributed by atoms with van der Waals surface area (Å²) >= 11 is 0. The lowest BCUT2D eigenvalue weighted by Gasteiger charge is -2.37. The van der Waals surface area contributed by atoms with E-state index >= 15 is 0 Å². The number of nitrogens with zero attached hydrogens (tertiary/aromatic N) is 1. The number of hydrogen-bond donors (Lipinski definition) is 4. The molecule has 0 radical (unpaired) electrons. The molecule has 0 spiro atoms. The summed E-state index contributed by atoms with van der Waals surface area (Å²) < 4.78 is 6.09. The van der Waals surface area contributed by atoms with Crippen LogP contribution in [-0.4, -0.2) is 78.7 Å². The topological polar surface area (TPSA) is 120 Å². The molecule has 3 amide bonds. The van der Waals surface area contributed by atoms with Crippen LogP contribution in [0, 0.1) is 12.8 Å². The molecule has 1 aliphatic carbocycles. The molecule has 1 fully saturated rings. The van der Waals surface area contributed by atoms with E-state index in [1.54, 1.807) is 7.05 Å². The lowest BCUT2D eigenvalue weighted by molar-refractivity contribution is -0.146. The number of amides is 3. The van der Waals surface area contributed by atoms with Gasteiger partial charge >= 0.3 is 0 Å². The monoisotopic (exact) mass is 590 g/mol. The number of aliphatic hydroxyl groups excluding tert-OH is 1. The predicted octanol–water partition coefficient (Wildman–Crippen LogP) is 2.99. The average molecular weight is 591 g/mol. The van der Waals surface area contributed by atoms with Gasteiger partial charge in [0.2, 0.25) is 17.7 Å². The van der Waals surface area contributed by atoms with Crippen molar-refractivity contribution in [3.05, 3.63) is 71.3 Å². The van der Waals surface area contributed by atoms with Gasteiger partial charge in [-0.3, -0.25) is 14.4 Å². The van der Waals surface area contributed by atoms with Crippen molar-refractivity contribution in [3.63, 3.8) is 0 Å². The Morgan fingerprint density at radius 3 is 2.44 bits per heavy atom. The minimum absolute atomic E-state index is 0.113. The molecule has 1 saturated carbocycles. The first kappa shape index (κ1) is 32.2. The summed E-state index contributed by atoms with van der Waals surface area (Å²) in [5.74, 6) is -0.359. The van der Waals surface area contributed by atoms with Crippen LogP contribution in [-0.2, 0) is 20.8 Å². The van der Waals surface area contributed by atoms with Gasteiger partial charge < -0.3 is 30.7 Å². The average Bonchev–Trinajstić information content (AvgIpc) is 3.00. The van der Waals surface area contributed by atoms with Crippen LogP contribution < -0.4 is 20.7 Å². The fourth-order valence-corrected chi connectivity index (χ4v) is 6.02. The zero-order chi connectivity index (χ0) is 30.8. The van der Waals surface area contributed by atoms with E-state index in [2.05, 4.69) is 16.0 Å². The maximum atomic E-state index is 14.0. The number of aryl methyl sites for hydroxylation is 1. The summed E-state index contributed by atoms with van der Waals surface area (Å²) in [6.07, 6.45) is 7.91. The smallest absolute Gasteiger partial charge is 0.246 e. The lowest BCUT2D eigenvalue weighted by atomic mass is 9.83. The number of hydrogen-bond acceptors (Lipinski definition) is 6. The molecule has 2 aromatic rings. The molecule has 1 aliphatic heterocycles. The second kappa shape index (κ2) is 15.7. The standard InChI is InChI=1S/C34H46N4O5/c1-23-15-17-25(18-16-23)22-28-32(40)36-19-9-13-26-10-7-8-14-29(26)43-21-20-35-30(27-11-5-4-6-12-27)34(42)38(3)31(24(2)39)33(41)37-28/h7-10,13-18,24,27-28,30-31,35,39H,4-6,11-12,19-22H2,1-3H3,(H,36,40)(H,37,41)/b13-9+/t24?,28-,30+,31+/m1/s1. The molecule has 9 heteroatoms. The van der Waals surface area contributed by atoms with E-state index in [1.807, 2.05) is 67.6 Å². The Morgan fingerprint density at radius 1 is 1.00 bits per heavy atom. The van der Waals surface area contributed by atoms with Crippen LogP contribution in [0.25, 0.3) is 6.08 Å². The normalized spacial score (nSPS) is 24.9. The first-order chi connectivity index (χ1) is 20.7. The maximum absolute atomic E-state index is 14.0. The largest absolute Gasteiger partial charge is 0.492 e. The lowest BCUT2D eigenvalue weighted by Crippen LogP contribution is -2.61. The fraction of sp³-hybridized carbons (Fsp3) is 0.500. The third kappa shape index (κ3) is 8.91. The van der Waals surface area contributed by atoms with E-state index in [0.717, 1.165) is 48.8 Å². The van der Waals surface area contributed by atoms with E-state index < -0.39 is 30.1 Å². The van der Waals surface area contributed by atoms with Crippen molar-refractivity contribution in [1.82, 2.24) is 20.9 Å². The first-order valence-corrected chi connectivity index (χ1v) is 15.4. The van der Waals surface area contributed by atoms with E-state index in [1.165, 1.54) is 11.8 Å². The number of likely N-dealkylation sites (N-methyl/N-ethyl adjacent to an activating group) is 1. The van der Waals surface area contributed by atoms with Crippen LogP contribution in [0.15, 0.2) is 54.6 Å². The third-order valence-electron chi connectivity index (χ3n) is 8.41. The Morgan fingerprint density at radius 2 is 1.72 bits per heavy atom. The van der Waals surface area contributed by atoms with Crippen molar-refractivity contribution in [2.45, 2.75) is 76.6 Å². The number of ether oxygens (including phenoxy) is 1. The summed E-state index contributed by atoms with van der Waals surface area (Å²) in [5, 5.41) is 19.9. The molecule has 1 heterocycles. The molecule has 0 bridgehead atoms. The highest BCUT2D eigenvalue weighted by Crippen LogP contribution is 2.28. The van der Waals surface area contributed by atoms with Crippen molar-refractivity contribution in [3.8, 4) is 5.75 Å². The SMILES string of the molecule is Cc1ccc(C[C@H]2NC(=O)[C@H](C(C)O)N(C)C(=O)[C@H](C3CCCCC3)NCCOc3ccccc3/C=C/CNC2=O)cc1. The molecule has 4 rings (SSSR count). The molecule has 0 saturated heterocycles. The number of nitrogens with one attached hydrogen (secondary N) is 3. The summed E-state index contributed by atoms with van der Waals surface area (Å²) in [5.41, 5.74) is 2.85. The van der Waals surface area contributed by atoms with Crippen molar-refractivity contribution < 1.29 is 24.2 Å². The number of fused-ring (bicyclic) bond motifs is 1.